The van der Waals surface area contributed by atoms with Gasteiger partial charge in [-0.05, 0) is 23.6 Å². The Labute approximate surface area is 94.1 Å². The van der Waals surface area contributed by atoms with E-state index in [1.807, 2.05) is 12.1 Å². The summed E-state index contributed by atoms with van der Waals surface area (Å²) in [6.45, 7) is 0. The van der Waals surface area contributed by atoms with Crippen LogP contribution >= 0.6 is 27.7 Å². The maximum atomic E-state index is 10.2. The van der Waals surface area contributed by atoms with Gasteiger partial charge in [-0.3, -0.25) is 0 Å². The molecule has 0 atom stereocenters. The molecule has 0 saturated carbocycles. The van der Waals surface area contributed by atoms with Crippen molar-refractivity contribution in [1.29, 1.82) is 0 Å². The van der Waals surface area contributed by atoms with E-state index in [0.717, 1.165) is 15.4 Å². The highest BCUT2D eigenvalue weighted by Crippen LogP contribution is 2.28. The summed E-state index contributed by atoms with van der Waals surface area (Å²) in [6.07, 6.45) is 1.07. The summed E-state index contributed by atoms with van der Waals surface area (Å²) >= 11 is 4.58. The Balaban J connectivity index is 2.76. The van der Waals surface area contributed by atoms with Gasteiger partial charge in [0, 0.05) is 21.1 Å². The minimum absolute atomic E-state index is 0.633. The van der Waals surface area contributed by atoms with Crippen molar-refractivity contribution in [3.63, 3.8) is 0 Å². The molecule has 0 heterocycles. The second-order valence-electron chi connectivity index (χ2n) is 2.44. The molecule has 3 nitrogen and oxygen atoms in total. The molecule has 0 aliphatic heterocycles. The molecule has 1 aromatic carbocycles. The van der Waals surface area contributed by atoms with E-state index in [1.165, 1.54) is 17.2 Å². The molecule has 0 spiro atoms. The predicted molar refractivity (Wildman–Crippen MR) is 61.2 cm³/mol. The van der Waals surface area contributed by atoms with Gasteiger partial charge in [-0.1, -0.05) is 27.7 Å². The third-order valence-electron chi connectivity index (χ3n) is 1.38. The van der Waals surface area contributed by atoms with Crippen molar-refractivity contribution in [3.05, 3.63) is 34.2 Å². The second kappa shape index (κ2) is 5.07. The van der Waals surface area contributed by atoms with E-state index in [1.54, 1.807) is 6.07 Å². The molecule has 0 unspecified atom stereocenters. The number of anilines is 1. The molecule has 0 fully saturated rings. The molecule has 0 radical (unpaired) electrons. The number of thioether (sulfide) groups is 1. The normalized spacial score (nSPS) is 10.6. The molecule has 14 heavy (non-hydrogen) atoms. The molecule has 0 aliphatic rings. The summed E-state index contributed by atoms with van der Waals surface area (Å²) in [5, 5.41) is 9.86. The Bertz CT molecular complexity index is 379. The fraction of sp³-hybridized carbons (Fsp3) is 0. The summed E-state index contributed by atoms with van der Waals surface area (Å²) in [5.74, 6) is -0.967. The molecule has 0 aliphatic carbocycles. The highest BCUT2D eigenvalue weighted by atomic mass is 79.9. The standard InChI is InChI=1S/C9H8BrNO2S/c10-6-1-2-7(11)8(5-6)14-4-3-9(12)13/h1-5H,11H2,(H,12,13). The number of benzene rings is 1. The van der Waals surface area contributed by atoms with E-state index in [2.05, 4.69) is 15.9 Å². The minimum atomic E-state index is -0.967. The summed E-state index contributed by atoms with van der Waals surface area (Å²) < 4.78 is 0.915. The molecule has 0 bridgehead atoms. The average Bonchev–Trinajstić information content (AvgIpc) is 2.10. The summed E-state index contributed by atoms with van der Waals surface area (Å²) in [6, 6.07) is 5.44. The molecule has 3 N–H and O–H groups in total. The highest BCUT2D eigenvalue weighted by Gasteiger charge is 1.98. The number of rotatable bonds is 3. The van der Waals surface area contributed by atoms with Crippen molar-refractivity contribution < 1.29 is 9.90 Å². The summed E-state index contributed by atoms with van der Waals surface area (Å²) in [4.78, 5) is 11.0. The molecule has 1 aromatic rings. The Morgan fingerprint density at radius 3 is 2.93 bits per heavy atom. The smallest absolute Gasteiger partial charge is 0.328 e. The summed E-state index contributed by atoms with van der Waals surface area (Å²) in [7, 11) is 0. The second-order valence-corrected chi connectivity index (χ2v) is 4.30. The molecular weight excluding hydrogens is 266 g/mol. The number of nitrogens with two attached hydrogens (primary N) is 1. The molecule has 0 amide bonds. The molecule has 0 aromatic heterocycles. The van der Waals surface area contributed by atoms with Crippen LogP contribution in [0, 0.1) is 0 Å². The van der Waals surface area contributed by atoms with Crippen LogP contribution < -0.4 is 5.73 Å². The zero-order chi connectivity index (χ0) is 10.6. The Morgan fingerprint density at radius 1 is 1.57 bits per heavy atom. The van der Waals surface area contributed by atoms with Crippen molar-refractivity contribution >= 4 is 39.3 Å². The van der Waals surface area contributed by atoms with Crippen LogP contribution in [0.1, 0.15) is 0 Å². The van der Waals surface area contributed by atoms with Crippen molar-refractivity contribution in [2.45, 2.75) is 4.90 Å². The number of aliphatic carboxylic acids is 1. The zero-order valence-corrected chi connectivity index (χ0v) is 9.51. The van der Waals surface area contributed by atoms with E-state index in [9.17, 15) is 4.79 Å². The lowest BCUT2D eigenvalue weighted by Crippen LogP contribution is -1.87. The number of carboxylic acid groups (broad SMARTS) is 1. The van der Waals surface area contributed by atoms with E-state index in [-0.39, 0.29) is 0 Å². The average molecular weight is 274 g/mol. The lowest BCUT2D eigenvalue weighted by atomic mass is 10.3. The molecule has 0 saturated heterocycles. The minimum Gasteiger partial charge on any atom is -0.478 e. The molecule has 74 valence electrons. The van der Waals surface area contributed by atoms with Crippen LogP contribution in [0.15, 0.2) is 39.1 Å². The first-order chi connectivity index (χ1) is 6.59. The Kier molecular flexibility index (Phi) is 4.03. The van der Waals surface area contributed by atoms with Gasteiger partial charge in [0.2, 0.25) is 0 Å². The van der Waals surface area contributed by atoms with Crippen LogP contribution in [0.5, 0.6) is 0 Å². The van der Waals surface area contributed by atoms with Crippen molar-refractivity contribution in [1.82, 2.24) is 0 Å². The van der Waals surface area contributed by atoms with Gasteiger partial charge in [0.1, 0.15) is 0 Å². The van der Waals surface area contributed by atoms with Gasteiger partial charge in [0.05, 0.1) is 0 Å². The highest BCUT2D eigenvalue weighted by molar-refractivity contribution is 9.10. The Hall–Kier alpha value is -0.940. The van der Waals surface area contributed by atoms with Crippen LogP contribution in [-0.2, 0) is 4.79 Å². The van der Waals surface area contributed by atoms with E-state index >= 15 is 0 Å². The van der Waals surface area contributed by atoms with Gasteiger partial charge in [0.15, 0.2) is 0 Å². The van der Waals surface area contributed by atoms with Crippen molar-refractivity contribution in [3.8, 4) is 0 Å². The van der Waals surface area contributed by atoms with Gasteiger partial charge >= 0.3 is 5.97 Å². The largest absolute Gasteiger partial charge is 0.478 e. The number of nitrogen functional groups attached to an aromatic ring is 1. The SMILES string of the molecule is Nc1ccc(Br)cc1SC=CC(=O)O. The maximum absolute atomic E-state index is 10.2. The zero-order valence-electron chi connectivity index (χ0n) is 7.11. The van der Waals surface area contributed by atoms with E-state index in [0.29, 0.717) is 5.69 Å². The van der Waals surface area contributed by atoms with Gasteiger partial charge in [-0.25, -0.2) is 4.79 Å². The maximum Gasteiger partial charge on any atom is 0.328 e. The van der Waals surface area contributed by atoms with E-state index < -0.39 is 5.97 Å². The van der Waals surface area contributed by atoms with Gasteiger partial charge < -0.3 is 10.8 Å². The Morgan fingerprint density at radius 2 is 2.29 bits per heavy atom. The third-order valence-corrected chi connectivity index (χ3v) is 2.75. The van der Waals surface area contributed by atoms with E-state index in [4.69, 9.17) is 10.8 Å². The van der Waals surface area contributed by atoms with Crippen LogP contribution in [0.3, 0.4) is 0 Å². The summed E-state index contributed by atoms with van der Waals surface area (Å²) in [5.41, 5.74) is 6.32. The number of hydrogen-bond donors (Lipinski definition) is 2. The number of carbonyl (C=O) groups is 1. The molecule has 5 heteroatoms. The monoisotopic (exact) mass is 273 g/mol. The van der Waals surface area contributed by atoms with Crippen LogP contribution in [-0.4, -0.2) is 11.1 Å². The van der Waals surface area contributed by atoms with Crippen LogP contribution in [0.2, 0.25) is 0 Å². The number of carboxylic acids is 1. The van der Waals surface area contributed by atoms with Crippen LogP contribution in [0.25, 0.3) is 0 Å². The third kappa shape index (κ3) is 3.43. The van der Waals surface area contributed by atoms with Gasteiger partial charge in [-0.2, -0.15) is 0 Å². The fourth-order valence-electron chi connectivity index (χ4n) is 0.776. The fourth-order valence-corrected chi connectivity index (χ4v) is 2.02. The number of hydrogen-bond acceptors (Lipinski definition) is 3. The van der Waals surface area contributed by atoms with Gasteiger partial charge in [-0.15, -0.1) is 0 Å². The topological polar surface area (TPSA) is 63.3 Å². The van der Waals surface area contributed by atoms with Crippen molar-refractivity contribution in [2.24, 2.45) is 0 Å². The number of halogens is 1. The predicted octanol–water partition coefficient (Wildman–Crippen LogP) is 2.72. The first kappa shape index (κ1) is 11.1. The van der Waals surface area contributed by atoms with Gasteiger partial charge in [0.25, 0.3) is 0 Å². The quantitative estimate of drug-likeness (QED) is 0.505. The lowest BCUT2D eigenvalue weighted by molar-refractivity contribution is -0.131. The molecular formula is C9H8BrNO2S. The first-order valence-corrected chi connectivity index (χ1v) is 5.38. The van der Waals surface area contributed by atoms with Crippen molar-refractivity contribution in [2.75, 3.05) is 5.73 Å². The first-order valence-electron chi connectivity index (χ1n) is 3.71. The lowest BCUT2D eigenvalue weighted by Gasteiger charge is -2.01. The van der Waals surface area contributed by atoms with Crippen LogP contribution in [0.4, 0.5) is 5.69 Å². The molecule has 1 rings (SSSR count).